The minimum Gasteiger partial charge on any atom is -0.335 e. The zero-order valence-electron chi connectivity index (χ0n) is 12.5. The summed E-state index contributed by atoms with van der Waals surface area (Å²) in [5.74, 6) is -0.230. The Morgan fingerprint density at radius 3 is 2.74 bits per heavy atom. The second-order valence-electron chi connectivity index (χ2n) is 5.59. The van der Waals surface area contributed by atoms with Crippen LogP contribution >= 0.6 is 11.6 Å². The lowest BCUT2D eigenvalue weighted by Gasteiger charge is -2.26. The number of halogens is 1. The monoisotopic (exact) mass is 330 g/mol. The number of hydrogen-bond acceptors (Lipinski definition) is 3. The second kappa shape index (κ2) is 6.01. The number of fused-ring (bicyclic) bond motifs is 1. The van der Waals surface area contributed by atoms with Gasteiger partial charge in [0.05, 0.1) is 21.6 Å². The van der Waals surface area contributed by atoms with Crippen LogP contribution in [0.2, 0.25) is 5.02 Å². The molecule has 0 N–H and O–H groups in total. The van der Waals surface area contributed by atoms with Gasteiger partial charge in [0.15, 0.2) is 0 Å². The molecule has 0 radical (unpaired) electrons. The number of hydrogen-bond donors (Lipinski definition) is 0. The number of non-ortho nitro benzene ring substituents is 1. The van der Waals surface area contributed by atoms with Crippen molar-refractivity contribution in [2.45, 2.75) is 18.9 Å². The Kier molecular flexibility index (Phi) is 4.05. The van der Waals surface area contributed by atoms with E-state index >= 15 is 0 Å². The van der Waals surface area contributed by atoms with Crippen molar-refractivity contribution in [2.75, 3.05) is 7.05 Å². The van der Waals surface area contributed by atoms with Crippen LogP contribution < -0.4 is 0 Å². The fourth-order valence-corrected chi connectivity index (χ4v) is 3.32. The molecule has 5 nitrogen and oxygen atoms in total. The fourth-order valence-electron chi connectivity index (χ4n) is 3.06. The molecule has 0 fully saturated rings. The van der Waals surface area contributed by atoms with Crippen molar-refractivity contribution in [3.05, 3.63) is 74.3 Å². The minimum atomic E-state index is -0.531. The van der Waals surface area contributed by atoms with E-state index in [1.54, 1.807) is 11.9 Å². The van der Waals surface area contributed by atoms with E-state index in [1.807, 2.05) is 18.2 Å². The standard InChI is InChI=1S/C17H15ClN2O3/c1-19(16-9-6-11-4-2-3-5-13(11)16)17(21)14-8-7-12(20(22)23)10-15(14)18/h2-5,7-8,10,16H,6,9H2,1H3. The summed E-state index contributed by atoms with van der Waals surface area (Å²) in [6, 6.07) is 12.0. The Morgan fingerprint density at radius 1 is 1.30 bits per heavy atom. The van der Waals surface area contributed by atoms with E-state index in [2.05, 4.69) is 6.07 Å². The van der Waals surface area contributed by atoms with Gasteiger partial charge < -0.3 is 4.90 Å². The van der Waals surface area contributed by atoms with Gasteiger partial charge in [-0.3, -0.25) is 14.9 Å². The predicted molar refractivity (Wildman–Crippen MR) is 87.7 cm³/mol. The summed E-state index contributed by atoms with van der Waals surface area (Å²) in [6.07, 6.45) is 1.80. The molecule has 1 aliphatic carbocycles. The highest BCUT2D eigenvalue weighted by molar-refractivity contribution is 6.34. The number of carbonyl (C=O) groups is 1. The van der Waals surface area contributed by atoms with Crippen LogP contribution in [0.3, 0.4) is 0 Å². The molecular weight excluding hydrogens is 316 g/mol. The van der Waals surface area contributed by atoms with Crippen LogP contribution in [-0.4, -0.2) is 22.8 Å². The third kappa shape index (κ3) is 2.80. The molecule has 0 heterocycles. The van der Waals surface area contributed by atoms with Crippen LogP contribution in [0, 0.1) is 10.1 Å². The number of nitro groups is 1. The van der Waals surface area contributed by atoms with Crippen molar-refractivity contribution < 1.29 is 9.72 Å². The number of aryl methyl sites for hydroxylation is 1. The summed E-state index contributed by atoms with van der Waals surface area (Å²) < 4.78 is 0. The summed E-state index contributed by atoms with van der Waals surface area (Å²) in [5.41, 5.74) is 2.57. The second-order valence-corrected chi connectivity index (χ2v) is 6.00. The van der Waals surface area contributed by atoms with E-state index in [4.69, 9.17) is 11.6 Å². The first kappa shape index (κ1) is 15.5. The van der Waals surface area contributed by atoms with Crippen LogP contribution in [0.4, 0.5) is 5.69 Å². The Balaban J connectivity index is 1.88. The first-order valence-electron chi connectivity index (χ1n) is 7.28. The molecule has 2 aromatic rings. The molecule has 0 aliphatic heterocycles. The Hall–Kier alpha value is -2.40. The molecule has 1 amide bonds. The van der Waals surface area contributed by atoms with Crippen molar-refractivity contribution in [3.63, 3.8) is 0 Å². The van der Waals surface area contributed by atoms with Gasteiger partial charge in [0.25, 0.3) is 11.6 Å². The van der Waals surface area contributed by atoms with Gasteiger partial charge in [0.1, 0.15) is 0 Å². The Morgan fingerprint density at radius 2 is 2.04 bits per heavy atom. The van der Waals surface area contributed by atoms with Crippen molar-refractivity contribution in [1.82, 2.24) is 4.90 Å². The smallest absolute Gasteiger partial charge is 0.270 e. The lowest BCUT2D eigenvalue weighted by atomic mass is 10.1. The Bertz CT molecular complexity index is 791. The quantitative estimate of drug-likeness (QED) is 0.631. The van der Waals surface area contributed by atoms with Gasteiger partial charge in [-0.1, -0.05) is 35.9 Å². The van der Waals surface area contributed by atoms with Gasteiger partial charge >= 0.3 is 0 Å². The van der Waals surface area contributed by atoms with E-state index in [9.17, 15) is 14.9 Å². The molecule has 0 aromatic heterocycles. The van der Waals surface area contributed by atoms with E-state index in [0.29, 0.717) is 0 Å². The van der Waals surface area contributed by atoms with Crippen molar-refractivity contribution in [3.8, 4) is 0 Å². The molecule has 0 saturated heterocycles. The number of amides is 1. The third-order valence-corrected chi connectivity index (χ3v) is 4.60. The molecule has 0 bridgehead atoms. The highest BCUT2D eigenvalue weighted by atomic mass is 35.5. The molecule has 118 valence electrons. The van der Waals surface area contributed by atoms with Crippen molar-refractivity contribution >= 4 is 23.2 Å². The molecule has 1 aliphatic rings. The normalized spacial score (nSPS) is 16.0. The number of rotatable bonds is 3. The number of nitrogens with zero attached hydrogens (tertiary/aromatic N) is 2. The number of nitro benzene ring substituents is 1. The zero-order chi connectivity index (χ0) is 16.6. The molecule has 1 unspecified atom stereocenters. The highest BCUT2D eigenvalue weighted by Gasteiger charge is 2.29. The van der Waals surface area contributed by atoms with Crippen LogP contribution in [0.1, 0.15) is 33.9 Å². The summed E-state index contributed by atoms with van der Waals surface area (Å²) >= 11 is 6.07. The molecule has 0 spiro atoms. The SMILES string of the molecule is CN(C(=O)c1ccc([N+](=O)[O-])cc1Cl)C1CCc2ccccc21. The van der Waals surface area contributed by atoms with Gasteiger partial charge in [0.2, 0.25) is 0 Å². The van der Waals surface area contributed by atoms with Gasteiger partial charge in [0, 0.05) is 19.2 Å². The molecule has 2 aromatic carbocycles. The highest BCUT2D eigenvalue weighted by Crippen LogP contribution is 2.36. The molecule has 6 heteroatoms. The summed E-state index contributed by atoms with van der Waals surface area (Å²) in [5, 5.41) is 10.9. The van der Waals surface area contributed by atoms with E-state index in [1.165, 1.54) is 23.8 Å². The lowest BCUT2D eigenvalue weighted by molar-refractivity contribution is -0.384. The van der Waals surface area contributed by atoms with Crippen LogP contribution in [0.25, 0.3) is 0 Å². The van der Waals surface area contributed by atoms with Crippen molar-refractivity contribution in [2.24, 2.45) is 0 Å². The van der Waals surface area contributed by atoms with Crippen LogP contribution in [0.5, 0.6) is 0 Å². The number of carbonyl (C=O) groups excluding carboxylic acids is 1. The van der Waals surface area contributed by atoms with Gasteiger partial charge in [-0.15, -0.1) is 0 Å². The molecule has 0 saturated carbocycles. The molecule has 3 rings (SSSR count). The number of benzene rings is 2. The first-order valence-corrected chi connectivity index (χ1v) is 7.65. The maximum absolute atomic E-state index is 12.7. The van der Waals surface area contributed by atoms with Gasteiger partial charge in [-0.2, -0.15) is 0 Å². The summed E-state index contributed by atoms with van der Waals surface area (Å²) in [7, 11) is 1.74. The fraction of sp³-hybridized carbons (Fsp3) is 0.235. The van der Waals surface area contributed by atoms with Crippen LogP contribution in [-0.2, 0) is 6.42 Å². The Labute approximate surface area is 138 Å². The lowest BCUT2D eigenvalue weighted by Crippen LogP contribution is -2.30. The van der Waals surface area contributed by atoms with Gasteiger partial charge in [-0.05, 0) is 30.0 Å². The maximum Gasteiger partial charge on any atom is 0.270 e. The van der Waals surface area contributed by atoms with E-state index in [0.717, 1.165) is 18.4 Å². The molecule has 1 atom stereocenters. The van der Waals surface area contributed by atoms with E-state index < -0.39 is 4.92 Å². The molecular formula is C17H15ClN2O3. The molecule has 23 heavy (non-hydrogen) atoms. The summed E-state index contributed by atoms with van der Waals surface area (Å²) in [4.78, 5) is 24.6. The largest absolute Gasteiger partial charge is 0.335 e. The zero-order valence-corrected chi connectivity index (χ0v) is 13.3. The third-order valence-electron chi connectivity index (χ3n) is 4.28. The maximum atomic E-state index is 12.7. The predicted octanol–water partition coefficient (Wildman–Crippen LogP) is 4.01. The van der Waals surface area contributed by atoms with Gasteiger partial charge in [-0.25, -0.2) is 0 Å². The average molecular weight is 331 g/mol. The van der Waals surface area contributed by atoms with Crippen molar-refractivity contribution in [1.29, 1.82) is 0 Å². The summed E-state index contributed by atoms with van der Waals surface area (Å²) in [6.45, 7) is 0. The van der Waals surface area contributed by atoms with Crippen LogP contribution in [0.15, 0.2) is 42.5 Å². The average Bonchev–Trinajstić information content (AvgIpc) is 2.97. The first-order chi connectivity index (χ1) is 11.0. The minimum absolute atomic E-state index is 0.00459. The topological polar surface area (TPSA) is 63.5 Å². The van der Waals surface area contributed by atoms with E-state index in [-0.39, 0.29) is 28.2 Å².